The first-order valence-electron chi connectivity index (χ1n) is 12.9. The van der Waals surface area contributed by atoms with Gasteiger partial charge in [0.05, 0.1) is 0 Å². The van der Waals surface area contributed by atoms with E-state index in [0.29, 0.717) is 5.92 Å². The van der Waals surface area contributed by atoms with Crippen LogP contribution in [-0.2, 0) is 19.3 Å². The van der Waals surface area contributed by atoms with Crippen LogP contribution in [0, 0.1) is 5.92 Å². The van der Waals surface area contributed by atoms with Crippen LogP contribution < -0.4 is 0 Å². The molecule has 1 aliphatic rings. The van der Waals surface area contributed by atoms with E-state index < -0.39 is 0 Å². The second-order valence-corrected chi connectivity index (χ2v) is 10.1. The lowest BCUT2D eigenvalue weighted by Crippen LogP contribution is -2.14. The van der Waals surface area contributed by atoms with E-state index in [1.165, 1.54) is 73.6 Å². The van der Waals surface area contributed by atoms with Gasteiger partial charge in [-0.3, -0.25) is 0 Å². The summed E-state index contributed by atoms with van der Waals surface area (Å²) in [6, 6.07) is 29.9. The normalized spacial score (nSPS) is 19.6. The molecule has 0 unspecified atom stereocenters. The average Bonchev–Trinajstić information content (AvgIpc) is 2.85. The number of benzene rings is 3. The zero-order valence-electron chi connectivity index (χ0n) is 20.1. The average molecular weight is 425 g/mol. The molecular weight excluding hydrogens is 384 g/mol. The number of hydrogen-bond acceptors (Lipinski definition) is 0. The Kier molecular flexibility index (Phi) is 8.21. The van der Waals surface area contributed by atoms with Gasteiger partial charge in [-0.1, -0.05) is 99.1 Å². The van der Waals surface area contributed by atoms with E-state index in [2.05, 4.69) is 92.7 Å². The Morgan fingerprint density at radius 2 is 1.28 bits per heavy atom. The molecule has 0 aliphatic heterocycles. The van der Waals surface area contributed by atoms with Gasteiger partial charge in [0.25, 0.3) is 0 Å². The van der Waals surface area contributed by atoms with E-state index >= 15 is 0 Å². The van der Waals surface area contributed by atoms with E-state index in [4.69, 9.17) is 0 Å². The third-order valence-electron chi connectivity index (χ3n) is 7.61. The van der Waals surface area contributed by atoms with Crippen molar-refractivity contribution in [2.45, 2.75) is 83.5 Å². The molecule has 0 N–H and O–H groups in total. The van der Waals surface area contributed by atoms with Gasteiger partial charge < -0.3 is 0 Å². The number of hydrogen-bond donors (Lipinski definition) is 0. The van der Waals surface area contributed by atoms with Crippen LogP contribution in [0.5, 0.6) is 0 Å². The van der Waals surface area contributed by atoms with Gasteiger partial charge >= 0.3 is 0 Å². The minimum Gasteiger partial charge on any atom is -0.0651 e. The minimum absolute atomic E-state index is 0.570. The summed E-state index contributed by atoms with van der Waals surface area (Å²) in [5, 5.41) is 0. The molecule has 1 fully saturated rings. The quantitative estimate of drug-likeness (QED) is 0.322. The minimum atomic E-state index is 0.570. The topological polar surface area (TPSA) is 0 Å². The van der Waals surface area contributed by atoms with Gasteiger partial charge in [-0.2, -0.15) is 0 Å². The third kappa shape index (κ3) is 6.35. The van der Waals surface area contributed by atoms with Crippen molar-refractivity contribution in [3.05, 3.63) is 107 Å². The molecule has 1 aliphatic carbocycles. The molecule has 0 amide bonds. The summed E-state index contributed by atoms with van der Waals surface area (Å²) in [4.78, 5) is 0. The van der Waals surface area contributed by atoms with Crippen LogP contribution in [0.2, 0.25) is 0 Å². The number of rotatable bonds is 9. The van der Waals surface area contributed by atoms with Gasteiger partial charge in [-0.25, -0.2) is 0 Å². The monoisotopic (exact) mass is 424 g/mol. The highest BCUT2D eigenvalue weighted by atomic mass is 14.3. The fraction of sp³-hybridized carbons (Fsp3) is 0.438. The highest BCUT2D eigenvalue weighted by Crippen LogP contribution is 2.37. The Morgan fingerprint density at radius 3 is 1.91 bits per heavy atom. The van der Waals surface area contributed by atoms with Crippen molar-refractivity contribution in [3.63, 3.8) is 0 Å². The Balaban J connectivity index is 1.22. The van der Waals surface area contributed by atoms with Gasteiger partial charge in [0.1, 0.15) is 0 Å². The number of aryl methyl sites for hydroxylation is 2. The molecule has 0 nitrogen and oxygen atoms in total. The molecule has 1 atom stereocenters. The predicted octanol–water partition coefficient (Wildman–Crippen LogP) is 8.89. The summed E-state index contributed by atoms with van der Waals surface area (Å²) in [7, 11) is 0. The van der Waals surface area contributed by atoms with E-state index in [-0.39, 0.29) is 0 Å². The lowest BCUT2D eigenvalue weighted by molar-refractivity contribution is 0.310. The summed E-state index contributed by atoms with van der Waals surface area (Å²) >= 11 is 0. The Hall–Kier alpha value is -2.34. The van der Waals surface area contributed by atoms with Crippen LogP contribution in [-0.4, -0.2) is 0 Å². The molecule has 1 saturated carbocycles. The van der Waals surface area contributed by atoms with Crippen LogP contribution in [0.3, 0.4) is 0 Å². The second-order valence-electron chi connectivity index (χ2n) is 10.1. The molecule has 168 valence electrons. The van der Waals surface area contributed by atoms with Crippen molar-refractivity contribution in [1.82, 2.24) is 0 Å². The molecule has 32 heavy (non-hydrogen) atoms. The highest BCUT2D eigenvalue weighted by Gasteiger charge is 2.22. The van der Waals surface area contributed by atoms with E-state index in [0.717, 1.165) is 18.3 Å². The van der Waals surface area contributed by atoms with Crippen molar-refractivity contribution in [1.29, 1.82) is 0 Å². The molecule has 4 rings (SSSR count). The Morgan fingerprint density at radius 1 is 0.688 bits per heavy atom. The summed E-state index contributed by atoms with van der Waals surface area (Å²) < 4.78 is 0. The summed E-state index contributed by atoms with van der Waals surface area (Å²) in [6.07, 6.45) is 11.7. The second kappa shape index (κ2) is 11.5. The SMILES string of the molecule is CCCc1ccc(CCC2CCC(c3ccc(C[C@H](C)c4ccccc4)cc3)CC2)cc1. The summed E-state index contributed by atoms with van der Waals surface area (Å²) in [5.41, 5.74) is 7.46. The van der Waals surface area contributed by atoms with Crippen molar-refractivity contribution >= 4 is 0 Å². The fourth-order valence-electron chi connectivity index (χ4n) is 5.50. The van der Waals surface area contributed by atoms with Gasteiger partial charge in [0, 0.05) is 0 Å². The zero-order valence-corrected chi connectivity index (χ0v) is 20.1. The van der Waals surface area contributed by atoms with Gasteiger partial charge in [0.15, 0.2) is 0 Å². The molecule has 0 heteroatoms. The first kappa shape index (κ1) is 22.8. The Bertz CT molecular complexity index is 912. The van der Waals surface area contributed by atoms with Crippen molar-refractivity contribution in [2.24, 2.45) is 5.92 Å². The smallest absolute Gasteiger partial charge is 0.0150 e. The molecule has 0 radical (unpaired) electrons. The maximum Gasteiger partial charge on any atom is -0.0150 e. The molecule has 3 aromatic carbocycles. The fourth-order valence-corrected chi connectivity index (χ4v) is 5.50. The lowest BCUT2D eigenvalue weighted by Gasteiger charge is -2.29. The largest absolute Gasteiger partial charge is 0.0651 e. The van der Waals surface area contributed by atoms with Crippen LogP contribution >= 0.6 is 0 Å². The van der Waals surface area contributed by atoms with E-state index in [1.54, 1.807) is 5.56 Å². The molecule has 3 aromatic rings. The first-order valence-corrected chi connectivity index (χ1v) is 12.9. The maximum absolute atomic E-state index is 2.41. The molecule has 0 spiro atoms. The van der Waals surface area contributed by atoms with Crippen LogP contribution in [0.25, 0.3) is 0 Å². The third-order valence-corrected chi connectivity index (χ3v) is 7.61. The molecule has 0 saturated heterocycles. The summed E-state index contributed by atoms with van der Waals surface area (Å²) in [6.45, 7) is 4.59. The molecule has 0 aromatic heterocycles. The van der Waals surface area contributed by atoms with Crippen molar-refractivity contribution < 1.29 is 0 Å². The lowest BCUT2D eigenvalue weighted by atomic mass is 9.76. The Labute approximate surface area is 196 Å². The van der Waals surface area contributed by atoms with E-state index in [9.17, 15) is 0 Å². The molecule has 0 bridgehead atoms. The molecular formula is C32H40. The predicted molar refractivity (Wildman–Crippen MR) is 138 cm³/mol. The van der Waals surface area contributed by atoms with Gasteiger partial charge in [-0.15, -0.1) is 0 Å². The highest BCUT2D eigenvalue weighted by molar-refractivity contribution is 5.29. The molecule has 0 heterocycles. The van der Waals surface area contributed by atoms with Crippen LogP contribution in [0.1, 0.15) is 92.0 Å². The van der Waals surface area contributed by atoms with Gasteiger partial charge in [-0.05, 0) is 96.9 Å². The summed E-state index contributed by atoms with van der Waals surface area (Å²) in [5.74, 6) is 2.24. The van der Waals surface area contributed by atoms with E-state index in [1.807, 2.05) is 0 Å². The van der Waals surface area contributed by atoms with Crippen LogP contribution in [0.4, 0.5) is 0 Å². The maximum atomic E-state index is 2.41. The standard InChI is InChI=1S/C32H40/c1-3-7-26-10-12-27(13-11-26)14-15-28-16-20-31(21-17-28)32-22-18-29(19-23-32)24-25(2)30-8-5-4-6-9-30/h4-6,8-13,18-19,22-23,25,28,31H,3,7,14-17,20-21,24H2,1-2H3/t25-,28?,31?/m0/s1. The van der Waals surface area contributed by atoms with Gasteiger partial charge in [0.2, 0.25) is 0 Å². The first-order chi connectivity index (χ1) is 15.7. The van der Waals surface area contributed by atoms with Crippen molar-refractivity contribution in [2.75, 3.05) is 0 Å². The van der Waals surface area contributed by atoms with Crippen molar-refractivity contribution in [3.8, 4) is 0 Å². The van der Waals surface area contributed by atoms with Crippen LogP contribution in [0.15, 0.2) is 78.9 Å². The zero-order chi connectivity index (χ0) is 22.2.